The van der Waals surface area contributed by atoms with E-state index in [-0.39, 0.29) is 6.10 Å². The van der Waals surface area contributed by atoms with Gasteiger partial charge < -0.3 is 14.8 Å². The van der Waals surface area contributed by atoms with Gasteiger partial charge in [-0.3, -0.25) is 4.98 Å². The van der Waals surface area contributed by atoms with Crippen LogP contribution in [0.3, 0.4) is 0 Å². The molecule has 0 saturated heterocycles. The van der Waals surface area contributed by atoms with Gasteiger partial charge in [-0.15, -0.1) is 0 Å². The van der Waals surface area contributed by atoms with Crippen molar-refractivity contribution in [3.8, 4) is 0 Å². The summed E-state index contributed by atoms with van der Waals surface area (Å²) in [5.41, 5.74) is 2.06. The van der Waals surface area contributed by atoms with Gasteiger partial charge in [-0.1, -0.05) is 18.2 Å². The molecule has 1 aromatic heterocycles. The number of benzene rings is 1. The van der Waals surface area contributed by atoms with E-state index in [0.29, 0.717) is 13.2 Å². The largest absolute Gasteiger partial charge is 0.382 e. The smallest absolute Gasteiger partial charge is 0.0976 e. The Morgan fingerprint density at radius 1 is 1.22 bits per heavy atom. The third-order valence-corrected chi connectivity index (χ3v) is 2.86. The fourth-order valence-corrected chi connectivity index (χ4v) is 1.87. The van der Waals surface area contributed by atoms with E-state index in [1.807, 2.05) is 30.5 Å². The maximum Gasteiger partial charge on any atom is 0.0976 e. The van der Waals surface area contributed by atoms with Gasteiger partial charge in [0, 0.05) is 38.0 Å². The summed E-state index contributed by atoms with van der Waals surface area (Å²) in [6.07, 6.45) is 1.85. The molecule has 0 aliphatic rings. The highest BCUT2D eigenvalue weighted by Crippen LogP contribution is 2.20. The van der Waals surface area contributed by atoms with Crippen molar-refractivity contribution >= 4 is 16.6 Å². The second-order valence-corrected chi connectivity index (χ2v) is 4.07. The number of hydrogen-bond acceptors (Lipinski definition) is 4. The molecule has 0 saturated carbocycles. The molecule has 0 radical (unpaired) electrons. The van der Waals surface area contributed by atoms with Crippen LogP contribution >= 0.6 is 0 Å². The first-order valence-electron chi connectivity index (χ1n) is 5.94. The quantitative estimate of drug-likeness (QED) is 0.849. The van der Waals surface area contributed by atoms with Crippen molar-refractivity contribution in [3.63, 3.8) is 0 Å². The van der Waals surface area contributed by atoms with Crippen molar-refractivity contribution in [1.29, 1.82) is 0 Å². The van der Waals surface area contributed by atoms with Gasteiger partial charge in [0.15, 0.2) is 0 Å². The SMILES string of the molecule is COCC(CNc1ccnc2ccccc12)OC. The molecule has 1 N–H and O–H groups in total. The molecule has 0 fully saturated rings. The number of methoxy groups -OCH3 is 2. The van der Waals surface area contributed by atoms with E-state index in [2.05, 4.69) is 16.4 Å². The maximum atomic E-state index is 5.32. The van der Waals surface area contributed by atoms with Gasteiger partial charge in [0.2, 0.25) is 0 Å². The summed E-state index contributed by atoms with van der Waals surface area (Å²) < 4.78 is 10.4. The molecular formula is C14H18N2O2. The number of fused-ring (bicyclic) bond motifs is 1. The number of anilines is 1. The van der Waals surface area contributed by atoms with Crippen LogP contribution in [0.25, 0.3) is 10.9 Å². The number of para-hydroxylation sites is 1. The summed E-state index contributed by atoms with van der Waals surface area (Å²) >= 11 is 0. The standard InChI is InChI=1S/C14H18N2O2/c1-17-10-11(18-2)9-16-14-7-8-15-13-6-4-3-5-12(13)14/h3-8,11H,9-10H2,1-2H3,(H,15,16). The summed E-state index contributed by atoms with van der Waals surface area (Å²) in [5, 5.41) is 4.50. The zero-order valence-corrected chi connectivity index (χ0v) is 10.7. The predicted molar refractivity (Wildman–Crippen MR) is 72.9 cm³/mol. The van der Waals surface area contributed by atoms with E-state index in [1.165, 1.54) is 0 Å². The Hall–Kier alpha value is -1.65. The molecule has 4 heteroatoms. The molecule has 0 aliphatic carbocycles. The zero-order chi connectivity index (χ0) is 12.8. The topological polar surface area (TPSA) is 43.4 Å². The lowest BCUT2D eigenvalue weighted by Crippen LogP contribution is -2.26. The first kappa shape index (κ1) is 12.8. The highest BCUT2D eigenvalue weighted by atomic mass is 16.5. The van der Waals surface area contributed by atoms with Gasteiger partial charge in [-0.05, 0) is 12.1 Å². The van der Waals surface area contributed by atoms with E-state index >= 15 is 0 Å². The van der Waals surface area contributed by atoms with Crippen LogP contribution in [0.4, 0.5) is 5.69 Å². The number of nitrogens with zero attached hydrogens (tertiary/aromatic N) is 1. The van der Waals surface area contributed by atoms with E-state index in [1.54, 1.807) is 14.2 Å². The van der Waals surface area contributed by atoms with Crippen molar-refractivity contribution in [1.82, 2.24) is 4.98 Å². The minimum atomic E-state index is 0.0435. The molecule has 1 atom stereocenters. The molecule has 96 valence electrons. The second-order valence-electron chi connectivity index (χ2n) is 4.07. The first-order valence-corrected chi connectivity index (χ1v) is 5.94. The highest BCUT2D eigenvalue weighted by Gasteiger charge is 2.07. The lowest BCUT2D eigenvalue weighted by atomic mass is 10.2. The van der Waals surface area contributed by atoms with Crippen LogP contribution in [0, 0.1) is 0 Å². The molecule has 1 unspecified atom stereocenters. The number of pyridine rings is 1. The Labute approximate surface area is 107 Å². The highest BCUT2D eigenvalue weighted by molar-refractivity contribution is 5.90. The molecule has 0 bridgehead atoms. The monoisotopic (exact) mass is 246 g/mol. The summed E-state index contributed by atoms with van der Waals surface area (Å²) in [5.74, 6) is 0. The van der Waals surface area contributed by atoms with Crippen LogP contribution in [0.1, 0.15) is 0 Å². The minimum Gasteiger partial charge on any atom is -0.382 e. The van der Waals surface area contributed by atoms with Crippen molar-refractivity contribution < 1.29 is 9.47 Å². The summed E-state index contributed by atoms with van der Waals surface area (Å²) in [7, 11) is 3.36. The number of rotatable bonds is 6. The number of aromatic nitrogens is 1. The lowest BCUT2D eigenvalue weighted by Gasteiger charge is -2.16. The van der Waals surface area contributed by atoms with Crippen LogP contribution in [-0.2, 0) is 9.47 Å². The fraction of sp³-hybridized carbons (Fsp3) is 0.357. The Balaban J connectivity index is 2.11. The van der Waals surface area contributed by atoms with Gasteiger partial charge in [-0.25, -0.2) is 0 Å². The van der Waals surface area contributed by atoms with Crippen LogP contribution in [0.5, 0.6) is 0 Å². The Bertz CT molecular complexity index is 497. The van der Waals surface area contributed by atoms with Gasteiger partial charge in [0.05, 0.1) is 18.2 Å². The van der Waals surface area contributed by atoms with Crippen LogP contribution in [-0.4, -0.2) is 38.5 Å². The molecule has 4 nitrogen and oxygen atoms in total. The number of hydrogen-bond donors (Lipinski definition) is 1. The second kappa shape index (κ2) is 6.33. The molecule has 18 heavy (non-hydrogen) atoms. The maximum absolute atomic E-state index is 5.32. The molecule has 2 aromatic rings. The third kappa shape index (κ3) is 2.97. The Kier molecular flexibility index (Phi) is 4.50. The van der Waals surface area contributed by atoms with Crippen molar-refractivity contribution in [3.05, 3.63) is 36.5 Å². The molecule has 2 rings (SSSR count). The van der Waals surface area contributed by atoms with Crippen molar-refractivity contribution in [2.24, 2.45) is 0 Å². The first-order chi connectivity index (χ1) is 8.85. The van der Waals surface area contributed by atoms with Crippen LogP contribution < -0.4 is 5.32 Å². The van der Waals surface area contributed by atoms with E-state index in [9.17, 15) is 0 Å². The van der Waals surface area contributed by atoms with E-state index in [4.69, 9.17) is 9.47 Å². The fourth-order valence-electron chi connectivity index (χ4n) is 1.87. The normalized spacial score (nSPS) is 12.6. The van der Waals surface area contributed by atoms with Gasteiger partial charge in [0.25, 0.3) is 0 Å². The minimum absolute atomic E-state index is 0.0435. The average molecular weight is 246 g/mol. The van der Waals surface area contributed by atoms with E-state index in [0.717, 1.165) is 16.6 Å². The lowest BCUT2D eigenvalue weighted by molar-refractivity contribution is 0.0366. The molecule has 0 spiro atoms. The summed E-state index contributed by atoms with van der Waals surface area (Å²) in [4.78, 5) is 4.33. The molecule has 0 aliphatic heterocycles. The van der Waals surface area contributed by atoms with E-state index < -0.39 is 0 Å². The van der Waals surface area contributed by atoms with Crippen LogP contribution in [0.15, 0.2) is 36.5 Å². The molecule has 1 heterocycles. The van der Waals surface area contributed by atoms with Crippen molar-refractivity contribution in [2.45, 2.75) is 6.10 Å². The number of nitrogens with one attached hydrogen (secondary N) is 1. The summed E-state index contributed by atoms with van der Waals surface area (Å²) in [6.45, 7) is 1.28. The molecule has 0 amide bonds. The predicted octanol–water partition coefficient (Wildman–Crippen LogP) is 2.31. The van der Waals surface area contributed by atoms with Crippen LogP contribution in [0.2, 0.25) is 0 Å². The summed E-state index contributed by atoms with van der Waals surface area (Å²) in [6, 6.07) is 10.0. The van der Waals surface area contributed by atoms with Gasteiger partial charge in [-0.2, -0.15) is 0 Å². The number of ether oxygens (including phenoxy) is 2. The molecular weight excluding hydrogens is 228 g/mol. The third-order valence-electron chi connectivity index (χ3n) is 2.86. The zero-order valence-electron chi connectivity index (χ0n) is 10.7. The molecule has 1 aromatic carbocycles. The van der Waals surface area contributed by atoms with Gasteiger partial charge in [0.1, 0.15) is 0 Å². The van der Waals surface area contributed by atoms with Crippen molar-refractivity contribution in [2.75, 3.05) is 32.7 Å². The average Bonchev–Trinajstić information content (AvgIpc) is 2.43. The Morgan fingerprint density at radius 3 is 2.83 bits per heavy atom. The Morgan fingerprint density at radius 2 is 2.06 bits per heavy atom. The van der Waals surface area contributed by atoms with Gasteiger partial charge >= 0.3 is 0 Å².